The van der Waals surface area contributed by atoms with E-state index in [1.165, 1.54) is 6.42 Å². The highest BCUT2D eigenvalue weighted by molar-refractivity contribution is 5.76. The van der Waals surface area contributed by atoms with Gasteiger partial charge in [0.05, 0.1) is 6.42 Å². The highest BCUT2D eigenvalue weighted by atomic mass is 16.4. The number of nitrogens with zero attached hydrogens (tertiary/aromatic N) is 1. The summed E-state index contributed by atoms with van der Waals surface area (Å²) in [6, 6.07) is 0.287. The highest BCUT2D eigenvalue weighted by Crippen LogP contribution is 2.27. The first-order valence-electron chi connectivity index (χ1n) is 7.69. The normalized spacial score (nSPS) is 16.0. The van der Waals surface area contributed by atoms with E-state index in [1.54, 1.807) is 4.90 Å². The van der Waals surface area contributed by atoms with Crippen LogP contribution in [0, 0.1) is 5.92 Å². The smallest absolute Gasteiger partial charge is 0.317 e. The third-order valence-electron chi connectivity index (χ3n) is 3.60. The molecule has 20 heavy (non-hydrogen) atoms. The number of hydrogen-bond acceptors (Lipinski definition) is 2. The standard InChI is InChI=1S/C15H28N2O3/c1-11(2)5-4-6-12(3)16-15(20)17(13-7-8-13)10-9-14(18)19/h11-13H,4-10H2,1-3H3,(H,16,20)(H,18,19). The number of carbonyl (C=O) groups is 2. The molecule has 0 radical (unpaired) electrons. The lowest BCUT2D eigenvalue weighted by atomic mass is 10.0. The van der Waals surface area contributed by atoms with Crippen LogP contribution < -0.4 is 5.32 Å². The first-order chi connectivity index (χ1) is 9.40. The van der Waals surface area contributed by atoms with Gasteiger partial charge >= 0.3 is 12.0 Å². The van der Waals surface area contributed by atoms with Gasteiger partial charge in [-0.1, -0.05) is 26.7 Å². The van der Waals surface area contributed by atoms with E-state index in [4.69, 9.17) is 5.11 Å². The van der Waals surface area contributed by atoms with Gasteiger partial charge in [0.1, 0.15) is 0 Å². The SMILES string of the molecule is CC(C)CCCC(C)NC(=O)N(CCC(=O)O)C1CC1. The molecule has 1 atom stereocenters. The zero-order chi connectivity index (χ0) is 15.1. The molecule has 2 N–H and O–H groups in total. The second kappa shape index (κ2) is 8.12. The lowest BCUT2D eigenvalue weighted by Crippen LogP contribution is -2.45. The molecule has 0 heterocycles. The van der Waals surface area contributed by atoms with Crippen LogP contribution in [0.3, 0.4) is 0 Å². The molecule has 0 spiro atoms. The summed E-state index contributed by atoms with van der Waals surface area (Å²) in [5.41, 5.74) is 0. The van der Waals surface area contributed by atoms with Gasteiger partial charge in [0.25, 0.3) is 0 Å². The van der Waals surface area contributed by atoms with Crippen LogP contribution in [0.25, 0.3) is 0 Å². The topological polar surface area (TPSA) is 69.6 Å². The van der Waals surface area contributed by atoms with Crippen LogP contribution in [-0.2, 0) is 4.79 Å². The molecule has 0 aromatic rings. The minimum atomic E-state index is -0.853. The van der Waals surface area contributed by atoms with Crippen molar-refractivity contribution in [2.24, 2.45) is 5.92 Å². The van der Waals surface area contributed by atoms with Crippen LogP contribution in [0.2, 0.25) is 0 Å². The number of carboxylic acid groups (broad SMARTS) is 1. The number of nitrogens with one attached hydrogen (secondary N) is 1. The number of aliphatic carboxylic acids is 1. The van der Waals surface area contributed by atoms with Crippen molar-refractivity contribution in [2.45, 2.75) is 71.4 Å². The Hall–Kier alpha value is -1.26. The van der Waals surface area contributed by atoms with Gasteiger partial charge in [-0.2, -0.15) is 0 Å². The van der Waals surface area contributed by atoms with Gasteiger partial charge in [0.2, 0.25) is 0 Å². The van der Waals surface area contributed by atoms with Crippen molar-refractivity contribution in [2.75, 3.05) is 6.54 Å². The summed E-state index contributed by atoms with van der Waals surface area (Å²) < 4.78 is 0. The van der Waals surface area contributed by atoms with Crippen molar-refractivity contribution in [3.05, 3.63) is 0 Å². The number of carbonyl (C=O) groups excluding carboxylic acids is 1. The average molecular weight is 284 g/mol. The lowest BCUT2D eigenvalue weighted by molar-refractivity contribution is -0.137. The second-order valence-corrected chi connectivity index (χ2v) is 6.24. The van der Waals surface area contributed by atoms with E-state index in [9.17, 15) is 9.59 Å². The molecule has 116 valence electrons. The van der Waals surface area contributed by atoms with Gasteiger partial charge in [-0.25, -0.2) is 4.79 Å². The lowest BCUT2D eigenvalue weighted by Gasteiger charge is -2.24. The monoisotopic (exact) mass is 284 g/mol. The van der Waals surface area contributed by atoms with Gasteiger partial charge < -0.3 is 15.3 Å². The van der Waals surface area contributed by atoms with E-state index < -0.39 is 5.97 Å². The van der Waals surface area contributed by atoms with Crippen molar-refractivity contribution in [3.63, 3.8) is 0 Å². The fourth-order valence-electron chi connectivity index (χ4n) is 2.25. The number of carboxylic acids is 1. The van der Waals surface area contributed by atoms with E-state index in [0.717, 1.165) is 25.7 Å². The molecule has 2 amide bonds. The fraction of sp³-hybridized carbons (Fsp3) is 0.867. The molecule has 0 saturated heterocycles. The van der Waals surface area contributed by atoms with E-state index in [1.807, 2.05) is 6.92 Å². The Bertz CT molecular complexity index is 327. The van der Waals surface area contributed by atoms with E-state index in [2.05, 4.69) is 19.2 Å². The summed E-state index contributed by atoms with van der Waals surface area (Å²) in [5.74, 6) is -0.162. The van der Waals surface area contributed by atoms with Gasteiger partial charge in [-0.3, -0.25) is 4.79 Å². The molecule has 5 heteroatoms. The molecule has 0 bridgehead atoms. The third kappa shape index (κ3) is 6.78. The first-order valence-corrected chi connectivity index (χ1v) is 7.69. The summed E-state index contributed by atoms with van der Waals surface area (Å²) in [7, 11) is 0. The molecule has 0 aromatic heterocycles. The Morgan fingerprint density at radius 1 is 1.25 bits per heavy atom. The maximum atomic E-state index is 12.2. The predicted octanol–water partition coefficient (Wildman–Crippen LogP) is 2.85. The zero-order valence-electron chi connectivity index (χ0n) is 12.9. The number of urea groups is 1. The maximum absolute atomic E-state index is 12.2. The Morgan fingerprint density at radius 2 is 1.90 bits per heavy atom. The Morgan fingerprint density at radius 3 is 2.40 bits per heavy atom. The van der Waals surface area contributed by atoms with Gasteiger partial charge in [0, 0.05) is 18.6 Å². The number of hydrogen-bond donors (Lipinski definition) is 2. The average Bonchev–Trinajstić information content (AvgIpc) is 3.12. The molecule has 0 aromatic carbocycles. The molecule has 1 aliphatic carbocycles. The van der Waals surface area contributed by atoms with Crippen molar-refractivity contribution in [1.82, 2.24) is 10.2 Å². The fourth-order valence-corrected chi connectivity index (χ4v) is 2.25. The molecule has 1 aliphatic rings. The van der Waals surface area contributed by atoms with Crippen LogP contribution in [0.15, 0.2) is 0 Å². The van der Waals surface area contributed by atoms with Crippen LogP contribution in [0.1, 0.15) is 59.3 Å². The van der Waals surface area contributed by atoms with Crippen LogP contribution in [-0.4, -0.2) is 40.6 Å². The quantitative estimate of drug-likeness (QED) is 0.684. The maximum Gasteiger partial charge on any atom is 0.317 e. The second-order valence-electron chi connectivity index (χ2n) is 6.24. The summed E-state index contributed by atoms with van der Waals surface area (Å²) in [4.78, 5) is 24.5. The Kier molecular flexibility index (Phi) is 6.82. The molecule has 1 saturated carbocycles. The Labute approximate surface area is 121 Å². The van der Waals surface area contributed by atoms with Crippen molar-refractivity contribution in [3.8, 4) is 0 Å². The molecule has 1 rings (SSSR count). The van der Waals surface area contributed by atoms with Crippen LogP contribution >= 0.6 is 0 Å². The minimum Gasteiger partial charge on any atom is -0.481 e. The van der Waals surface area contributed by atoms with Gasteiger partial charge in [0.15, 0.2) is 0 Å². The van der Waals surface area contributed by atoms with Crippen molar-refractivity contribution >= 4 is 12.0 Å². The molecular weight excluding hydrogens is 256 g/mol. The minimum absolute atomic E-state index is 0.0195. The molecule has 0 aliphatic heterocycles. The van der Waals surface area contributed by atoms with Crippen molar-refractivity contribution < 1.29 is 14.7 Å². The number of amides is 2. The molecule has 5 nitrogen and oxygen atoms in total. The summed E-state index contributed by atoms with van der Waals surface area (Å²) in [6.45, 7) is 6.72. The van der Waals surface area contributed by atoms with Crippen LogP contribution in [0.4, 0.5) is 4.79 Å². The third-order valence-corrected chi connectivity index (χ3v) is 3.60. The highest BCUT2D eigenvalue weighted by Gasteiger charge is 2.32. The summed E-state index contributed by atoms with van der Waals surface area (Å²) in [6.07, 6.45) is 5.26. The van der Waals surface area contributed by atoms with E-state index in [-0.39, 0.29) is 24.5 Å². The zero-order valence-corrected chi connectivity index (χ0v) is 12.9. The summed E-state index contributed by atoms with van der Waals surface area (Å²) in [5, 5.41) is 11.7. The molecule has 1 fully saturated rings. The van der Waals surface area contributed by atoms with Gasteiger partial charge in [-0.15, -0.1) is 0 Å². The number of rotatable bonds is 9. The molecule has 1 unspecified atom stereocenters. The largest absolute Gasteiger partial charge is 0.481 e. The van der Waals surface area contributed by atoms with E-state index in [0.29, 0.717) is 12.5 Å². The summed E-state index contributed by atoms with van der Waals surface area (Å²) >= 11 is 0. The van der Waals surface area contributed by atoms with Crippen LogP contribution in [0.5, 0.6) is 0 Å². The van der Waals surface area contributed by atoms with Crippen molar-refractivity contribution in [1.29, 1.82) is 0 Å². The predicted molar refractivity (Wildman–Crippen MR) is 78.7 cm³/mol. The Balaban J connectivity index is 2.31. The first kappa shape index (κ1) is 16.8. The molecular formula is C15H28N2O3. The van der Waals surface area contributed by atoms with E-state index >= 15 is 0 Å². The van der Waals surface area contributed by atoms with Gasteiger partial charge in [-0.05, 0) is 32.1 Å².